The summed E-state index contributed by atoms with van der Waals surface area (Å²) in [6.07, 6.45) is -0.649. The molecular formula is C28H31ClF2N4O4. The summed E-state index contributed by atoms with van der Waals surface area (Å²) in [4.78, 5) is 43.8. The number of hydrogen-bond acceptors (Lipinski definition) is 4. The van der Waals surface area contributed by atoms with Crippen LogP contribution in [0.15, 0.2) is 48.7 Å². The van der Waals surface area contributed by atoms with E-state index in [0.717, 1.165) is 21.4 Å². The number of alkyl halides is 1. The van der Waals surface area contributed by atoms with Crippen LogP contribution in [0.1, 0.15) is 38.3 Å². The number of fused-ring (bicyclic) bond motifs is 1. The van der Waals surface area contributed by atoms with Crippen molar-refractivity contribution in [2.24, 2.45) is 0 Å². The summed E-state index contributed by atoms with van der Waals surface area (Å²) in [6.45, 7) is 4.58. The third kappa shape index (κ3) is 6.86. The number of alkyl carbamates (subject to hydrolysis) is 1. The number of para-hydroxylation sites is 1. The summed E-state index contributed by atoms with van der Waals surface area (Å²) in [5.41, 5.74) is 0.959. The molecule has 1 aliphatic rings. The fraction of sp³-hybridized carbons (Fsp3) is 0.393. The first kappa shape index (κ1) is 28.4. The van der Waals surface area contributed by atoms with Crippen molar-refractivity contribution in [3.8, 4) is 0 Å². The molecule has 2 heterocycles. The molecule has 11 heteroatoms. The van der Waals surface area contributed by atoms with Gasteiger partial charge in [0.1, 0.15) is 29.7 Å². The highest BCUT2D eigenvalue weighted by atomic mass is 35.5. The molecule has 1 aromatic heterocycles. The lowest BCUT2D eigenvalue weighted by Crippen LogP contribution is -2.54. The van der Waals surface area contributed by atoms with E-state index < -0.39 is 47.6 Å². The predicted octanol–water partition coefficient (Wildman–Crippen LogP) is 4.65. The van der Waals surface area contributed by atoms with E-state index in [-0.39, 0.29) is 36.5 Å². The van der Waals surface area contributed by atoms with Crippen LogP contribution < -0.4 is 10.6 Å². The highest BCUT2D eigenvalue weighted by Gasteiger charge is 2.42. The lowest BCUT2D eigenvalue weighted by atomic mass is 10.0. The van der Waals surface area contributed by atoms with E-state index in [9.17, 15) is 23.2 Å². The zero-order valence-corrected chi connectivity index (χ0v) is 22.6. The summed E-state index contributed by atoms with van der Waals surface area (Å²) >= 11 is 5.81. The fourth-order valence-electron chi connectivity index (χ4n) is 4.63. The minimum Gasteiger partial charge on any atom is -0.444 e. The molecule has 8 nitrogen and oxygen atoms in total. The molecule has 3 atom stereocenters. The smallest absolute Gasteiger partial charge is 0.408 e. The third-order valence-corrected chi connectivity index (χ3v) is 6.70. The second-order valence-electron chi connectivity index (χ2n) is 10.5. The standard InChI is InChI=1S/C28H31ClF2N4O4/c1-28(2,3)39-27(38)34-22(11-17-14-32-21-10-5-4-8-19(17)21)26(37)35-15-18(30)12-23(35)25(36)33-13-16-7-6-9-20(29)24(16)31/h4-10,14,18,22-23,32H,11-13,15H2,1-3H3,(H,33,36)(H,34,38). The molecule has 3 unspecified atom stereocenters. The van der Waals surface area contributed by atoms with E-state index in [0.29, 0.717) is 0 Å². The second kappa shape index (κ2) is 11.6. The van der Waals surface area contributed by atoms with Gasteiger partial charge in [-0.2, -0.15) is 0 Å². The van der Waals surface area contributed by atoms with Gasteiger partial charge in [-0.25, -0.2) is 13.6 Å². The Balaban J connectivity index is 1.55. The van der Waals surface area contributed by atoms with Crippen LogP contribution in [0.5, 0.6) is 0 Å². The number of aromatic nitrogens is 1. The first-order valence-electron chi connectivity index (χ1n) is 12.6. The SMILES string of the molecule is CC(C)(C)OC(=O)NC(Cc1c[nH]c2ccccc12)C(=O)N1CC(F)CC1C(=O)NCc1cccc(Cl)c1F. The van der Waals surface area contributed by atoms with Gasteiger partial charge in [-0.1, -0.05) is 41.9 Å². The highest BCUT2D eigenvalue weighted by molar-refractivity contribution is 6.30. The third-order valence-electron chi connectivity index (χ3n) is 6.41. The number of nitrogens with one attached hydrogen (secondary N) is 3. The predicted molar refractivity (Wildman–Crippen MR) is 143 cm³/mol. The van der Waals surface area contributed by atoms with Crippen LogP contribution >= 0.6 is 11.6 Å². The number of nitrogens with zero attached hydrogens (tertiary/aromatic N) is 1. The van der Waals surface area contributed by atoms with Gasteiger partial charge in [0, 0.05) is 42.0 Å². The number of aromatic amines is 1. The molecule has 1 saturated heterocycles. The number of likely N-dealkylation sites (tertiary alicyclic amines) is 1. The molecule has 3 aromatic rings. The number of hydrogen-bond donors (Lipinski definition) is 3. The first-order valence-corrected chi connectivity index (χ1v) is 13.0. The van der Waals surface area contributed by atoms with E-state index in [2.05, 4.69) is 15.6 Å². The molecule has 0 aliphatic carbocycles. The molecule has 208 valence electrons. The lowest BCUT2D eigenvalue weighted by molar-refractivity contribution is -0.140. The molecule has 0 radical (unpaired) electrons. The molecule has 39 heavy (non-hydrogen) atoms. The molecule has 0 saturated carbocycles. The largest absolute Gasteiger partial charge is 0.444 e. The van der Waals surface area contributed by atoms with Crippen LogP contribution in [-0.4, -0.2) is 58.2 Å². The Morgan fingerprint density at radius 3 is 2.64 bits per heavy atom. The molecule has 1 fully saturated rings. The number of carbonyl (C=O) groups is 3. The number of carbonyl (C=O) groups excluding carboxylic acids is 3. The van der Waals surface area contributed by atoms with Gasteiger partial charge in [-0.15, -0.1) is 0 Å². The molecule has 0 bridgehead atoms. The van der Waals surface area contributed by atoms with Crippen molar-refractivity contribution < 1.29 is 27.9 Å². The van der Waals surface area contributed by atoms with Gasteiger partial charge in [-0.3, -0.25) is 9.59 Å². The first-order chi connectivity index (χ1) is 18.4. The number of H-pyrrole nitrogens is 1. The number of halogens is 3. The van der Waals surface area contributed by atoms with Crippen molar-refractivity contribution in [2.75, 3.05) is 6.54 Å². The molecule has 1 aliphatic heterocycles. The average molecular weight is 561 g/mol. The molecule has 4 rings (SSSR count). The average Bonchev–Trinajstić information content (AvgIpc) is 3.46. The van der Waals surface area contributed by atoms with Crippen LogP contribution in [0.3, 0.4) is 0 Å². The molecular weight excluding hydrogens is 530 g/mol. The van der Waals surface area contributed by atoms with Gasteiger partial charge < -0.3 is 25.3 Å². The van der Waals surface area contributed by atoms with Crippen molar-refractivity contribution in [3.63, 3.8) is 0 Å². The highest BCUT2D eigenvalue weighted by Crippen LogP contribution is 2.25. The number of rotatable bonds is 7. The van der Waals surface area contributed by atoms with Crippen LogP contribution in [0.2, 0.25) is 5.02 Å². The van der Waals surface area contributed by atoms with Gasteiger partial charge >= 0.3 is 6.09 Å². The zero-order valence-electron chi connectivity index (χ0n) is 21.9. The Hall–Kier alpha value is -3.66. The van der Waals surface area contributed by atoms with Crippen molar-refractivity contribution in [2.45, 2.75) is 64.0 Å². The Morgan fingerprint density at radius 1 is 1.15 bits per heavy atom. The molecule has 2 aromatic carbocycles. The minimum atomic E-state index is -1.44. The maximum absolute atomic E-state index is 14.6. The van der Waals surface area contributed by atoms with E-state index in [4.69, 9.17) is 16.3 Å². The maximum atomic E-state index is 14.6. The summed E-state index contributed by atoms with van der Waals surface area (Å²) in [5.74, 6) is -1.92. The number of ether oxygens (including phenoxy) is 1. The van der Waals surface area contributed by atoms with Gasteiger partial charge in [-0.05, 0) is 38.5 Å². The maximum Gasteiger partial charge on any atom is 0.408 e. The Bertz CT molecular complexity index is 1370. The second-order valence-corrected chi connectivity index (χ2v) is 10.9. The summed E-state index contributed by atoms with van der Waals surface area (Å²) in [5, 5.41) is 5.97. The molecule has 3 N–H and O–H groups in total. The van der Waals surface area contributed by atoms with Gasteiger partial charge in [0.2, 0.25) is 11.8 Å². The van der Waals surface area contributed by atoms with Crippen molar-refractivity contribution in [1.29, 1.82) is 0 Å². The van der Waals surface area contributed by atoms with Crippen LogP contribution in [0.4, 0.5) is 13.6 Å². The van der Waals surface area contributed by atoms with Crippen molar-refractivity contribution >= 4 is 40.4 Å². The van der Waals surface area contributed by atoms with Crippen molar-refractivity contribution in [1.82, 2.24) is 20.5 Å². The normalized spacial score (nSPS) is 18.2. The summed E-state index contributed by atoms with van der Waals surface area (Å²) < 4.78 is 34.2. The topological polar surface area (TPSA) is 104 Å². The quantitative estimate of drug-likeness (QED) is 0.391. The molecule has 3 amide bonds. The Morgan fingerprint density at radius 2 is 1.90 bits per heavy atom. The van der Waals surface area contributed by atoms with Crippen LogP contribution in [0.25, 0.3) is 10.9 Å². The van der Waals surface area contributed by atoms with Gasteiger partial charge in [0.15, 0.2) is 0 Å². The van der Waals surface area contributed by atoms with E-state index in [1.165, 1.54) is 12.1 Å². The Labute approximate surface area is 230 Å². The van der Waals surface area contributed by atoms with Gasteiger partial charge in [0.05, 0.1) is 11.6 Å². The zero-order chi connectivity index (χ0) is 28.3. The monoisotopic (exact) mass is 560 g/mol. The Kier molecular flexibility index (Phi) is 8.44. The summed E-state index contributed by atoms with van der Waals surface area (Å²) in [7, 11) is 0. The van der Waals surface area contributed by atoms with E-state index in [1.54, 1.807) is 33.0 Å². The summed E-state index contributed by atoms with van der Waals surface area (Å²) in [6, 6.07) is 9.63. The number of amides is 3. The molecule has 0 spiro atoms. The fourth-order valence-corrected chi connectivity index (χ4v) is 4.83. The minimum absolute atomic E-state index is 0.0810. The van der Waals surface area contributed by atoms with Crippen LogP contribution in [-0.2, 0) is 27.3 Å². The van der Waals surface area contributed by atoms with E-state index in [1.807, 2.05) is 24.3 Å². The lowest BCUT2D eigenvalue weighted by Gasteiger charge is -2.29. The van der Waals surface area contributed by atoms with Crippen LogP contribution in [0, 0.1) is 5.82 Å². The van der Waals surface area contributed by atoms with E-state index >= 15 is 0 Å². The van der Waals surface area contributed by atoms with Crippen molar-refractivity contribution in [3.05, 3.63) is 70.6 Å². The number of benzene rings is 2. The van der Waals surface area contributed by atoms with Gasteiger partial charge in [0.25, 0.3) is 0 Å².